The quantitative estimate of drug-likeness (QED) is 0.633. The standard InChI is InChI=1S/C11H9N3O3/c1-7(15)12-11-5-2-8-6-9(14(16)17)3-4-10(8)13-11/h2-6H,1H3,(H,12,13,15). The summed E-state index contributed by atoms with van der Waals surface area (Å²) in [4.78, 5) is 25.1. The van der Waals surface area contributed by atoms with Gasteiger partial charge in [-0.15, -0.1) is 0 Å². The number of non-ortho nitro benzene ring substituents is 1. The van der Waals surface area contributed by atoms with Crippen LogP contribution >= 0.6 is 0 Å². The number of benzene rings is 1. The number of hydrogen-bond acceptors (Lipinski definition) is 4. The molecule has 0 aliphatic rings. The number of rotatable bonds is 2. The molecule has 0 saturated heterocycles. The fourth-order valence-electron chi connectivity index (χ4n) is 1.48. The first kappa shape index (κ1) is 11.0. The van der Waals surface area contributed by atoms with E-state index in [1.54, 1.807) is 18.2 Å². The second kappa shape index (κ2) is 4.17. The van der Waals surface area contributed by atoms with E-state index in [1.165, 1.54) is 19.1 Å². The first-order valence-corrected chi connectivity index (χ1v) is 4.89. The predicted molar refractivity (Wildman–Crippen MR) is 62.7 cm³/mol. The lowest BCUT2D eigenvalue weighted by Crippen LogP contribution is -2.07. The molecule has 0 aliphatic heterocycles. The number of anilines is 1. The number of amides is 1. The maximum atomic E-state index is 10.9. The SMILES string of the molecule is CC(=O)Nc1ccc2cc([N+](=O)[O-])ccc2n1. The van der Waals surface area contributed by atoms with Crippen LogP contribution < -0.4 is 5.32 Å². The van der Waals surface area contributed by atoms with Crippen LogP contribution in [0.1, 0.15) is 6.92 Å². The average molecular weight is 231 g/mol. The predicted octanol–water partition coefficient (Wildman–Crippen LogP) is 2.10. The van der Waals surface area contributed by atoms with Crippen molar-refractivity contribution in [1.82, 2.24) is 4.98 Å². The molecule has 0 saturated carbocycles. The number of pyridine rings is 1. The smallest absolute Gasteiger partial charge is 0.270 e. The molecule has 0 unspecified atom stereocenters. The number of aromatic nitrogens is 1. The van der Waals surface area contributed by atoms with E-state index in [0.29, 0.717) is 16.7 Å². The molecular weight excluding hydrogens is 222 g/mol. The molecule has 6 nitrogen and oxygen atoms in total. The summed E-state index contributed by atoms with van der Waals surface area (Å²) in [5.74, 6) is 0.220. The van der Waals surface area contributed by atoms with E-state index in [4.69, 9.17) is 0 Å². The zero-order valence-corrected chi connectivity index (χ0v) is 9.01. The van der Waals surface area contributed by atoms with Crippen molar-refractivity contribution in [3.05, 3.63) is 40.4 Å². The van der Waals surface area contributed by atoms with Crippen molar-refractivity contribution in [2.24, 2.45) is 0 Å². The first-order chi connectivity index (χ1) is 8.06. The lowest BCUT2D eigenvalue weighted by molar-refractivity contribution is -0.384. The number of nitrogens with zero attached hydrogens (tertiary/aromatic N) is 2. The molecule has 0 fully saturated rings. The highest BCUT2D eigenvalue weighted by Crippen LogP contribution is 2.20. The van der Waals surface area contributed by atoms with E-state index >= 15 is 0 Å². The van der Waals surface area contributed by atoms with E-state index in [2.05, 4.69) is 10.3 Å². The average Bonchev–Trinajstić information content (AvgIpc) is 2.27. The third kappa shape index (κ3) is 2.36. The Labute approximate surface area is 96.4 Å². The van der Waals surface area contributed by atoms with E-state index < -0.39 is 4.92 Å². The van der Waals surface area contributed by atoms with Crippen LogP contribution in [0.3, 0.4) is 0 Å². The summed E-state index contributed by atoms with van der Waals surface area (Å²) in [7, 11) is 0. The van der Waals surface area contributed by atoms with Crippen molar-refractivity contribution in [2.75, 3.05) is 5.32 Å². The molecule has 1 aromatic heterocycles. The second-order valence-electron chi connectivity index (χ2n) is 3.51. The summed E-state index contributed by atoms with van der Waals surface area (Å²) in [6.07, 6.45) is 0. The van der Waals surface area contributed by atoms with E-state index in [-0.39, 0.29) is 11.6 Å². The third-order valence-corrected chi connectivity index (χ3v) is 2.19. The Balaban J connectivity index is 2.46. The number of carbonyl (C=O) groups excluding carboxylic acids is 1. The van der Waals surface area contributed by atoms with Crippen LogP contribution in [0.25, 0.3) is 10.9 Å². The molecule has 2 aromatic rings. The molecule has 0 aliphatic carbocycles. The highest BCUT2D eigenvalue weighted by Gasteiger charge is 2.07. The van der Waals surface area contributed by atoms with Gasteiger partial charge in [0.2, 0.25) is 5.91 Å². The van der Waals surface area contributed by atoms with Crippen molar-refractivity contribution >= 4 is 28.3 Å². The fraction of sp³-hybridized carbons (Fsp3) is 0.0909. The Morgan fingerprint density at radius 3 is 2.76 bits per heavy atom. The van der Waals surface area contributed by atoms with Crippen molar-refractivity contribution in [1.29, 1.82) is 0 Å². The molecule has 86 valence electrons. The summed E-state index contributed by atoms with van der Waals surface area (Å²) < 4.78 is 0. The minimum atomic E-state index is -0.457. The first-order valence-electron chi connectivity index (χ1n) is 4.89. The largest absolute Gasteiger partial charge is 0.311 e. The van der Waals surface area contributed by atoms with Gasteiger partial charge in [0.05, 0.1) is 10.4 Å². The monoisotopic (exact) mass is 231 g/mol. The Morgan fingerprint density at radius 2 is 2.12 bits per heavy atom. The van der Waals surface area contributed by atoms with Crippen LogP contribution in [-0.2, 0) is 4.79 Å². The van der Waals surface area contributed by atoms with E-state index in [0.717, 1.165) is 0 Å². The third-order valence-electron chi connectivity index (χ3n) is 2.19. The highest BCUT2D eigenvalue weighted by molar-refractivity contribution is 5.90. The number of nitro benzene ring substituents is 1. The maximum Gasteiger partial charge on any atom is 0.270 e. The number of carbonyl (C=O) groups is 1. The van der Waals surface area contributed by atoms with Crippen LogP contribution in [0.4, 0.5) is 11.5 Å². The lowest BCUT2D eigenvalue weighted by atomic mass is 10.2. The molecule has 1 aromatic carbocycles. The van der Waals surface area contributed by atoms with E-state index in [9.17, 15) is 14.9 Å². The molecule has 0 atom stereocenters. The van der Waals surface area contributed by atoms with Gasteiger partial charge in [0.15, 0.2) is 0 Å². The van der Waals surface area contributed by atoms with Crippen LogP contribution in [-0.4, -0.2) is 15.8 Å². The van der Waals surface area contributed by atoms with Crippen molar-refractivity contribution in [3.8, 4) is 0 Å². The number of nitrogens with one attached hydrogen (secondary N) is 1. The zero-order chi connectivity index (χ0) is 12.4. The van der Waals surface area contributed by atoms with Gasteiger partial charge in [0, 0.05) is 24.4 Å². The molecule has 2 rings (SSSR count). The van der Waals surface area contributed by atoms with Gasteiger partial charge >= 0.3 is 0 Å². The van der Waals surface area contributed by atoms with Gasteiger partial charge in [0.1, 0.15) is 5.82 Å². The Hall–Kier alpha value is -2.50. The summed E-state index contributed by atoms with van der Waals surface area (Å²) in [6, 6.07) is 7.67. The Kier molecular flexibility index (Phi) is 2.70. The zero-order valence-electron chi connectivity index (χ0n) is 9.01. The van der Waals surface area contributed by atoms with Crippen molar-refractivity contribution < 1.29 is 9.72 Å². The van der Waals surface area contributed by atoms with Crippen molar-refractivity contribution in [3.63, 3.8) is 0 Å². The van der Waals surface area contributed by atoms with Gasteiger partial charge in [-0.1, -0.05) is 0 Å². The minimum absolute atomic E-state index is 0.0200. The molecule has 0 radical (unpaired) electrons. The molecule has 0 bridgehead atoms. The highest BCUT2D eigenvalue weighted by atomic mass is 16.6. The van der Waals surface area contributed by atoms with Gasteiger partial charge in [-0.3, -0.25) is 14.9 Å². The number of hydrogen-bond donors (Lipinski definition) is 1. The van der Waals surface area contributed by atoms with Gasteiger partial charge in [-0.2, -0.15) is 0 Å². The normalized spacial score (nSPS) is 10.2. The van der Waals surface area contributed by atoms with Crippen LogP contribution in [0.15, 0.2) is 30.3 Å². The van der Waals surface area contributed by atoms with Gasteiger partial charge in [0.25, 0.3) is 5.69 Å². The Bertz CT molecular complexity index is 610. The summed E-state index contributed by atoms with van der Waals surface area (Å²) >= 11 is 0. The maximum absolute atomic E-state index is 10.9. The molecule has 1 amide bonds. The van der Waals surface area contributed by atoms with Gasteiger partial charge in [-0.25, -0.2) is 4.98 Å². The number of fused-ring (bicyclic) bond motifs is 1. The van der Waals surface area contributed by atoms with Crippen LogP contribution in [0, 0.1) is 10.1 Å². The summed E-state index contributed by atoms with van der Waals surface area (Å²) in [6.45, 7) is 1.39. The van der Waals surface area contributed by atoms with E-state index in [1.807, 2.05) is 0 Å². The lowest BCUT2D eigenvalue weighted by Gasteiger charge is -2.02. The Morgan fingerprint density at radius 1 is 1.35 bits per heavy atom. The fourth-order valence-corrected chi connectivity index (χ4v) is 1.48. The van der Waals surface area contributed by atoms with Crippen LogP contribution in [0.5, 0.6) is 0 Å². The van der Waals surface area contributed by atoms with Crippen LogP contribution in [0.2, 0.25) is 0 Å². The van der Waals surface area contributed by atoms with Gasteiger partial charge in [-0.05, 0) is 18.2 Å². The molecular formula is C11H9N3O3. The molecule has 6 heteroatoms. The summed E-state index contributed by atoms with van der Waals surface area (Å²) in [5, 5.41) is 13.8. The molecule has 1 heterocycles. The minimum Gasteiger partial charge on any atom is -0.311 e. The van der Waals surface area contributed by atoms with Crippen molar-refractivity contribution in [2.45, 2.75) is 6.92 Å². The second-order valence-corrected chi connectivity index (χ2v) is 3.51. The topological polar surface area (TPSA) is 85.1 Å². The van der Waals surface area contributed by atoms with Gasteiger partial charge < -0.3 is 5.32 Å². The number of nitro groups is 1. The molecule has 0 spiro atoms. The summed E-state index contributed by atoms with van der Waals surface area (Å²) in [5.41, 5.74) is 0.619. The molecule has 1 N–H and O–H groups in total. The molecule has 17 heavy (non-hydrogen) atoms.